The van der Waals surface area contributed by atoms with Crippen molar-refractivity contribution in [3.05, 3.63) is 70.9 Å². The maximum atomic E-state index is 6.13. The van der Waals surface area contributed by atoms with Crippen LogP contribution in [0.25, 0.3) is 11.0 Å². The Morgan fingerprint density at radius 1 is 1.06 bits per heavy atom. The van der Waals surface area contributed by atoms with Crippen LogP contribution in [0.2, 0.25) is 5.02 Å². The lowest BCUT2D eigenvalue weighted by atomic mass is 9.90. The molecule has 1 N–H and O–H groups in total. The quantitative estimate of drug-likeness (QED) is 0.437. The fraction of sp³-hybridized carbons (Fsp3) is 0.320. The van der Waals surface area contributed by atoms with Crippen molar-refractivity contribution in [1.82, 2.24) is 19.7 Å². The lowest BCUT2D eigenvalue weighted by molar-refractivity contribution is 0.401. The van der Waals surface area contributed by atoms with Crippen LogP contribution in [0, 0.1) is 12.8 Å². The minimum atomic E-state index is 0.698. The van der Waals surface area contributed by atoms with Crippen LogP contribution in [-0.4, -0.2) is 32.8 Å². The van der Waals surface area contributed by atoms with Crippen molar-refractivity contribution in [3.63, 3.8) is 0 Å². The topological polar surface area (TPSA) is 58.9 Å². The molecule has 0 atom stereocenters. The zero-order valence-corrected chi connectivity index (χ0v) is 19.2. The average molecular weight is 447 g/mol. The monoisotopic (exact) mass is 446 g/mol. The van der Waals surface area contributed by atoms with Gasteiger partial charge in [-0.25, -0.2) is 0 Å². The predicted molar refractivity (Wildman–Crippen MR) is 131 cm³/mol. The fourth-order valence-electron chi connectivity index (χ4n) is 4.43. The van der Waals surface area contributed by atoms with Gasteiger partial charge < -0.3 is 10.2 Å². The van der Waals surface area contributed by atoms with E-state index in [9.17, 15) is 0 Å². The number of nitrogens with zero attached hydrogens (tertiary/aromatic N) is 5. The summed E-state index contributed by atoms with van der Waals surface area (Å²) in [7, 11) is 1.92. The molecule has 1 fully saturated rings. The zero-order chi connectivity index (χ0) is 22.1. The van der Waals surface area contributed by atoms with Gasteiger partial charge in [0, 0.05) is 30.8 Å². The van der Waals surface area contributed by atoms with Gasteiger partial charge in [0.15, 0.2) is 5.65 Å². The molecule has 0 bridgehead atoms. The van der Waals surface area contributed by atoms with Crippen molar-refractivity contribution in [2.75, 3.05) is 23.3 Å². The van der Waals surface area contributed by atoms with E-state index in [-0.39, 0.29) is 0 Å². The molecule has 1 aliphatic rings. The summed E-state index contributed by atoms with van der Waals surface area (Å²) in [5.41, 5.74) is 4.29. The van der Waals surface area contributed by atoms with Crippen LogP contribution in [0.1, 0.15) is 24.0 Å². The van der Waals surface area contributed by atoms with Gasteiger partial charge in [0.25, 0.3) is 0 Å². The third-order valence-corrected chi connectivity index (χ3v) is 6.52. The third kappa shape index (κ3) is 4.28. The molecule has 7 heteroatoms. The molecule has 1 saturated heterocycles. The van der Waals surface area contributed by atoms with Gasteiger partial charge >= 0.3 is 0 Å². The number of aryl methyl sites for hydroxylation is 2. The highest BCUT2D eigenvalue weighted by atomic mass is 35.5. The minimum Gasteiger partial charge on any atom is -0.341 e. The second-order valence-electron chi connectivity index (χ2n) is 8.58. The van der Waals surface area contributed by atoms with Gasteiger partial charge in [0.05, 0.1) is 11.6 Å². The van der Waals surface area contributed by atoms with Crippen molar-refractivity contribution in [2.24, 2.45) is 13.0 Å². The number of anilines is 3. The molecule has 5 rings (SSSR count). The Kier molecular flexibility index (Phi) is 5.70. The van der Waals surface area contributed by atoms with Crippen LogP contribution >= 0.6 is 11.6 Å². The molecular formula is C25H27ClN6. The molecule has 2 aromatic carbocycles. The van der Waals surface area contributed by atoms with Gasteiger partial charge in [-0.2, -0.15) is 15.1 Å². The number of halogens is 1. The van der Waals surface area contributed by atoms with E-state index in [0.29, 0.717) is 5.92 Å². The first-order chi connectivity index (χ1) is 15.6. The Morgan fingerprint density at radius 2 is 1.84 bits per heavy atom. The molecule has 0 radical (unpaired) electrons. The van der Waals surface area contributed by atoms with Crippen LogP contribution in [0.5, 0.6) is 0 Å². The highest BCUT2D eigenvalue weighted by Gasteiger charge is 2.23. The van der Waals surface area contributed by atoms with Gasteiger partial charge in [0.2, 0.25) is 5.95 Å². The van der Waals surface area contributed by atoms with E-state index in [1.165, 1.54) is 5.56 Å². The Balaban J connectivity index is 1.38. The van der Waals surface area contributed by atoms with E-state index < -0.39 is 0 Å². The molecule has 164 valence electrons. The van der Waals surface area contributed by atoms with Crippen molar-refractivity contribution >= 4 is 40.1 Å². The number of hydrogen-bond acceptors (Lipinski definition) is 5. The molecule has 32 heavy (non-hydrogen) atoms. The van der Waals surface area contributed by atoms with Crippen LogP contribution in [-0.2, 0) is 13.5 Å². The molecule has 0 saturated carbocycles. The first-order valence-corrected chi connectivity index (χ1v) is 11.5. The van der Waals surface area contributed by atoms with Crippen molar-refractivity contribution in [1.29, 1.82) is 0 Å². The summed E-state index contributed by atoms with van der Waals surface area (Å²) in [6.07, 6.45) is 5.24. The third-order valence-electron chi connectivity index (χ3n) is 6.29. The second-order valence-corrected chi connectivity index (χ2v) is 9.02. The van der Waals surface area contributed by atoms with E-state index in [4.69, 9.17) is 21.6 Å². The number of benzene rings is 2. The molecule has 0 spiro atoms. The molecule has 0 unspecified atom stereocenters. The predicted octanol–water partition coefficient (Wildman–Crippen LogP) is 5.53. The molecule has 0 amide bonds. The van der Waals surface area contributed by atoms with E-state index >= 15 is 0 Å². The maximum absolute atomic E-state index is 6.13. The highest BCUT2D eigenvalue weighted by Crippen LogP contribution is 2.30. The first kappa shape index (κ1) is 20.8. The molecule has 6 nitrogen and oxygen atoms in total. The summed E-state index contributed by atoms with van der Waals surface area (Å²) >= 11 is 6.13. The van der Waals surface area contributed by atoms with Crippen LogP contribution in [0.15, 0.2) is 54.7 Å². The second kappa shape index (κ2) is 8.79. The maximum Gasteiger partial charge on any atom is 0.229 e. The summed E-state index contributed by atoms with van der Waals surface area (Å²) in [4.78, 5) is 12.1. The Labute approximate surface area is 193 Å². The van der Waals surface area contributed by atoms with E-state index in [0.717, 1.165) is 71.4 Å². The molecule has 1 aliphatic heterocycles. The minimum absolute atomic E-state index is 0.698. The lowest BCUT2D eigenvalue weighted by Crippen LogP contribution is -2.35. The summed E-state index contributed by atoms with van der Waals surface area (Å²) in [5, 5.41) is 9.53. The lowest BCUT2D eigenvalue weighted by Gasteiger charge is -2.32. The van der Waals surface area contributed by atoms with Gasteiger partial charge in [-0.3, -0.25) is 4.68 Å². The molecule has 4 aromatic rings. The smallest absolute Gasteiger partial charge is 0.229 e. The van der Waals surface area contributed by atoms with Crippen molar-refractivity contribution in [2.45, 2.75) is 26.2 Å². The van der Waals surface area contributed by atoms with E-state index in [1.807, 2.05) is 43.0 Å². The normalized spacial score (nSPS) is 14.8. The highest BCUT2D eigenvalue weighted by molar-refractivity contribution is 6.30. The van der Waals surface area contributed by atoms with Gasteiger partial charge in [-0.05, 0) is 61.4 Å². The van der Waals surface area contributed by atoms with Crippen LogP contribution in [0.3, 0.4) is 0 Å². The summed E-state index contributed by atoms with van der Waals surface area (Å²) in [5.74, 6) is 2.23. The summed E-state index contributed by atoms with van der Waals surface area (Å²) in [6, 6.07) is 16.6. The summed E-state index contributed by atoms with van der Waals surface area (Å²) < 4.78 is 1.81. The largest absolute Gasteiger partial charge is 0.341 e. The van der Waals surface area contributed by atoms with E-state index in [2.05, 4.69) is 45.6 Å². The molecular weight excluding hydrogens is 420 g/mol. The number of hydrogen-bond donors (Lipinski definition) is 1. The number of piperidine rings is 1. The molecule has 3 heterocycles. The number of aromatic nitrogens is 4. The Hall–Kier alpha value is -3.12. The van der Waals surface area contributed by atoms with Crippen molar-refractivity contribution in [3.8, 4) is 0 Å². The van der Waals surface area contributed by atoms with Crippen LogP contribution < -0.4 is 10.2 Å². The zero-order valence-electron chi connectivity index (χ0n) is 18.4. The SMILES string of the molecule is Cc1cc(Cl)ccc1Nc1nc(N2CCC(Cc3ccccc3)CC2)nc2c1cnn2C. The molecule has 2 aromatic heterocycles. The number of fused-ring (bicyclic) bond motifs is 1. The Bertz CT molecular complexity index is 1230. The fourth-order valence-corrected chi connectivity index (χ4v) is 4.65. The first-order valence-electron chi connectivity index (χ1n) is 11.1. The Morgan fingerprint density at radius 3 is 2.59 bits per heavy atom. The van der Waals surface area contributed by atoms with Gasteiger partial charge in [-0.1, -0.05) is 41.9 Å². The van der Waals surface area contributed by atoms with Crippen LogP contribution in [0.4, 0.5) is 17.5 Å². The number of rotatable bonds is 5. The van der Waals surface area contributed by atoms with Gasteiger partial charge in [0.1, 0.15) is 5.82 Å². The van der Waals surface area contributed by atoms with Gasteiger partial charge in [-0.15, -0.1) is 0 Å². The van der Waals surface area contributed by atoms with Crippen molar-refractivity contribution < 1.29 is 0 Å². The molecule has 0 aliphatic carbocycles. The average Bonchev–Trinajstić information content (AvgIpc) is 3.18. The number of nitrogens with one attached hydrogen (secondary N) is 1. The standard InChI is InChI=1S/C25H27ClN6/c1-17-14-20(26)8-9-22(17)28-23-21-16-27-31(2)24(21)30-25(29-23)32-12-10-19(11-13-32)15-18-6-4-3-5-7-18/h3-9,14,16,19H,10-13,15H2,1-2H3,(H,28,29,30). The van der Waals surface area contributed by atoms with E-state index in [1.54, 1.807) is 0 Å². The summed E-state index contributed by atoms with van der Waals surface area (Å²) in [6.45, 7) is 3.95.